The number of hydrogen-bond acceptors (Lipinski definition) is 4. The van der Waals surface area contributed by atoms with Crippen LogP contribution in [0.3, 0.4) is 0 Å². The van der Waals surface area contributed by atoms with E-state index in [1.165, 1.54) is 0 Å². The summed E-state index contributed by atoms with van der Waals surface area (Å²) >= 11 is 1.64. The van der Waals surface area contributed by atoms with Crippen LogP contribution >= 0.6 is 11.8 Å². The van der Waals surface area contributed by atoms with Crippen LogP contribution in [0.5, 0.6) is 0 Å². The van der Waals surface area contributed by atoms with Gasteiger partial charge in [0.15, 0.2) is 5.84 Å². The van der Waals surface area contributed by atoms with Crippen molar-refractivity contribution in [2.75, 3.05) is 0 Å². The van der Waals surface area contributed by atoms with Gasteiger partial charge in [0.2, 0.25) is 0 Å². The zero-order chi connectivity index (χ0) is 11.5. The molecular weight excluding hydrogens is 210 g/mol. The lowest BCUT2D eigenvalue weighted by atomic mass is 10.3. The Hall–Kier alpha value is -1.23. The number of aromatic nitrogens is 1. The number of hydrogen-bond donors (Lipinski definition) is 2. The van der Waals surface area contributed by atoms with Gasteiger partial charge in [-0.1, -0.05) is 32.0 Å². The predicted octanol–water partition coefficient (Wildman–Crippen LogP) is 2.07. The minimum Gasteiger partial charge on any atom is -0.409 e. The summed E-state index contributed by atoms with van der Waals surface area (Å²) in [6, 6.07) is 5.46. The third-order valence-electron chi connectivity index (χ3n) is 1.50. The number of thioether (sulfide) groups is 1. The molecule has 4 nitrogen and oxygen atoms in total. The molecule has 1 aromatic heterocycles. The van der Waals surface area contributed by atoms with Gasteiger partial charge < -0.3 is 10.9 Å². The van der Waals surface area contributed by atoms with E-state index in [9.17, 15) is 0 Å². The van der Waals surface area contributed by atoms with Gasteiger partial charge in [0.1, 0.15) is 5.69 Å². The van der Waals surface area contributed by atoms with E-state index in [4.69, 9.17) is 10.9 Å². The molecule has 0 aliphatic carbocycles. The smallest absolute Gasteiger partial charge is 0.188 e. The van der Waals surface area contributed by atoms with Crippen LogP contribution in [0.15, 0.2) is 28.4 Å². The summed E-state index contributed by atoms with van der Waals surface area (Å²) in [6.45, 7) is 6.32. The Bertz CT molecular complexity index is 371. The molecule has 0 unspecified atom stereocenters. The molecule has 3 N–H and O–H groups in total. The van der Waals surface area contributed by atoms with Crippen molar-refractivity contribution >= 4 is 17.6 Å². The van der Waals surface area contributed by atoms with Crippen LogP contribution in [0, 0.1) is 0 Å². The SMILES string of the molecule is CC(C)(C)Sc1cccc(C(N)=NO)n1. The first-order valence-corrected chi connectivity index (χ1v) is 5.38. The number of oxime groups is 1. The van der Waals surface area contributed by atoms with E-state index in [-0.39, 0.29) is 10.6 Å². The van der Waals surface area contributed by atoms with Gasteiger partial charge in [0, 0.05) is 4.75 Å². The fourth-order valence-corrected chi connectivity index (χ4v) is 1.90. The Morgan fingerprint density at radius 3 is 2.67 bits per heavy atom. The van der Waals surface area contributed by atoms with Crippen molar-refractivity contribution in [3.05, 3.63) is 23.9 Å². The van der Waals surface area contributed by atoms with Crippen molar-refractivity contribution in [1.82, 2.24) is 4.98 Å². The molecule has 0 spiro atoms. The van der Waals surface area contributed by atoms with Gasteiger partial charge in [0.05, 0.1) is 5.03 Å². The molecule has 0 aliphatic heterocycles. The molecule has 5 heteroatoms. The first kappa shape index (κ1) is 11.8. The maximum absolute atomic E-state index is 8.53. The number of nitrogens with zero attached hydrogens (tertiary/aromatic N) is 2. The average molecular weight is 225 g/mol. The highest BCUT2D eigenvalue weighted by Crippen LogP contribution is 2.30. The van der Waals surface area contributed by atoms with E-state index in [2.05, 4.69) is 30.9 Å². The van der Waals surface area contributed by atoms with E-state index in [0.29, 0.717) is 5.69 Å². The fraction of sp³-hybridized carbons (Fsp3) is 0.400. The first-order chi connectivity index (χ1) is 6.92. The second-order valence-corrected chi connectivity index (χ2v) is 5.91. The Kier molecular flexibility index (Phi) is 3.57. The van der Waals surface area contributed by atoms with Gasteiger partial charge in [0.25, 0.3) is 0 Å². The van der Waals surface area contributed by atoms with Crippen LogP contribution in [0.25, 0.3) is 0 Å². The monoisotopic (exact) mass is 225 g/mol. The number of nitrogens with two attached hydrogens (primary N) is 1. The van der Waals surface area contributed by atoms with Gasteiger partial charge in [-0.05, 0) is 12.1 Å². The topological polar surface area (TPSA) is 71.5 Å². The molecule has 0 amide bonds. The van der Waals surface area contributed by atoms with Crippen LogP contribution < -0.4 is 5.73 Å². The summed E-state index contributed by atoms with van der Waals surface area (Å²) in [5, 5.41) is 12.3. The fourth-order valence-electron chi connectivity index (χ4n) is 0.979. The normalized spacial score (nSPS) is 12.9. The van der Waals surface area contributed by atoms with E-state index in [1.54, 1.807) is 17.8 Å². The molecular formula is C10H15N3OS. The second-order valence-electron chi connectivity index (χ2n) is 4.06. The van der Waals surface area contributed by atoms with Crippen LogP contribution in [0.1, 0.15) is 26.5 Å². The third kappa shape index (κ3) is 3.79. The van der Waals surface area contributed by atoms with Gasteiger partial charge in [-0.2, -0.15) is 0 Å². The Morgan fingerprint density at radius 2 is 2.13 bits per heavy atom. The third-order valence-corrected chi connectivity index (χ3v) is 2.55. The van der Waals surface area contributed by atoms with Crippen molar-refractivity contribution in [3.63, 3.8) is 0 Å². The van der Waals surface area contributed by atoms with Crippen molar-refractivity contribution in [3.8, 4) is 0 Å². The second kappa shape index (κ2) is 4.53. The van der Waals surface area contributed by atoms with Crippen molar-refractivity contribution in [2.24, 2.45) is 10.9 Å². The summed E-state index contributed by atoms with van der Waals surface area (Å²) in [5.41, 5.74) is 5.95. The molecule has 82 valence electrons. The first-order valence-electron chi connectivity index (χ1n) is 4.56. The molecule has 0 saturated heterocycles. The maximum atomic E-state index is 8.53. The predicted molar refractivity (Wildman–Crippen MR) is 62.4 cm³/mol. The van der Waals surface area contributed by atoms with Crippen molar-refractivity contribution in [1.29, 1.82) is 0 Å². The van der Waals surface area contributed by atoms with E-state index >= 15 is 0 Å². The molecule has 15 heavy (non-hydrogen) atoms. The highest BCUT2D eigenvalue weighted by molar-refractivity contribution is 8.00. The number of pyridine rings is 1. The summed E-state index contributed by atoms with van der Waals surface area (Å²) < 4.78 is 0.0940. The molecule has 0 aliphatic rings. The lowest BCUT2D eigenvalue weighted by molar-refractivity contribution is 0.318. The summed E-state index contributed by atoms with van der Waals surface area (Å²) in [4.78, 5) is 4.28. The molecule has 0 saturated carbocycles. The number of amidine groups is 1. The van der Waals surface area contributed by atoms with Gasteiger partial charge >= 0.3 is 0 Å². The summed E-state index contributed by atoms with van der Waals surface area (Å²) in [6.07, 6.45) is 0. The molecule has 0 aromatic carbocycles. The quantitative estimate of drug-likeness (QED) is 0.266. The van der Waals surface area contributed by atoms with Gasteiger partial charge in [-0.25, -0.2) is 4.98 Å². The molecule has 1 heterocycles. The Labute approximate surface area is 93.6 Å². The highest BCUT2D eigenvalue weighted by Gasteiger charge is 2.13. The van der Waals surface area contributed by atoms with Crippen molar-refractivity contribution < 1.29 is 5.21 Å². The van der Waals surface area contributed by atoms with E-state index in [1.807, 2.05) is 12.1 Å². The molecule has 1 rings (SSSR count). The van der Waals surface area contributed by atoms with Crippen LogP contribution in [0.2, 0.25) is 0 Å². The minimum absolute atomic E-state index is 0.0337. The van der Waals surface area contributed by atoms with Gasteiger partial charge in [-0.15, -0.1) is 11.8 Å². The highest BCUT2D eigenvalue weighted by atomic mass is 32.2. The zero-order valence-electron chi connectivity index (χ0n) is 9.06. The minimum atomic E-state index is 0.0337. The van der Waals surface area contributed by atoms with Crippen molar-refractivity contribution in [2.45, 2.75) is 30.5 Å². The van der Waals surface area contributed by atoms with E-state index < -0.39 is 0 Å². The van der Waals surface area contributed by atoms with Crippen LogP contribution in [-0.4, -0.2) is 20.8 Å². The molecule has 0 bridgehead atoms. The number of rotatable bonds is 2. The van der Waals surface area contributed by atoms with E-state index in [0.717, 1.165) is 5.03 Å². The summed E-state index contributed by atoms with van der Waals surface area (Å²) in [7, 11) is 0. The molecule has 1 aromatic rings. The largest absolute Gasteiger partial charge is 0.409 e. The Balaban J connectivity index is 2.93. The van der Waals surface area contributed by atoms with Gasteiger partial charge in [-0.3, -0.25) is 0 Å². The molecule has 0 fully saturated rings. The lowest BCUT2D eigenvalue weighted by Crippen LogP contribution is -2.15. The standard InChI is InChI=1S/C10H15N3OS/c1-10(2,3)15-8-6-4-5-7(12-8)9(11)13-14/h4-6,14H,1-3H3,(H2,11,13). The van der Waals surface area contributed by atoms with Crippen LogP contribution in [-0.2, 0) is 0 Å². The average Bonchev–Trinajstić information content (AvgIpc) is 2.14. The molecule has 0 atom stereocenters. The molecule has 0 radical (unpaired) electrons. The van der Waals surface area contributed by atoms with Crippen LogP contribution in [0.4, 0.5) is 0 Å². The zero-order valence-corrected chi connectivity index (χ0v) is 9.88. The summed E-state index contributed by atoms with van der Waals surface area (Å²) in [5.74, 6) is 0.0337. The lowest BCUT2D eigenvalue weighted by Gasteiger charge is -2.16. The Morgan fingerprint density at radius 1 is 1.47 bits per heavy atom. The maximum Gasteiger partial charge on any atom is 0.188 e.